The van der Waals surface area contributed by atoms with E-state index in [4.69, 9.17) is 4.79 Å². The number of likely N-dealkylation sites (N-methyl/N-ethyl adjacent to an activating group) is 1. The Labute approximate surface area is 287 Å². The summed E-state index contributed by atoms with van der Waals surface area (Å²) in [7, 11) is 0.967. The maximum absolute atomic E-state index is 11.6. The van der Waals surface area contributed by atoms with Gasteiger partial charge in [0.05, 0.1) is 18.5 Å². The third-order valence-corrected chi connectivity index (χ3v) is 9.34. The molecule has 1 heterocycles. The van der Waals surface area contributed by atoms with Crippen LogP contribution in [0.15, 0.2) is 12.2 Å². The van der Waals surface area contributed by atoms with Crippen LogP contribution in [-0.4, -0.2) is 112 Å². The summed E-state index contributed by atoms with van der Waals surface area (Å²) in [6, 6.07) is -0.341. The van der Waals surface area contributed by atoms with Crippen LogP contribution < -0.4 is 16.0 Å². The minimum absolute atomic E-state index is 0.0128. The van der Waals surface area contributed by atoms with E-state index >= 15 is 0 Å². The zero-order valence-corrected chi connectivity index (χ0v) is 32.3. The Morgan fingerprint density at radius 1 is 1.06 bits per heavy atom. The Hall–Kier alpha value is -2.19. The lowest BCUT2D eigenvalue weighted by atomic mass is 9.87. The molecule has 4 atom stereocenters. The van der Waals surface area contributed by atoms with Gasteiger partial charge in [-0.2, -0.15) is 0 Å². The van der Waals surface area contributed by atoms with Crippen LogP contribution in [-0.2, 0) is 29.2 Å². The second-order valence-electron chi connectivity index (χ2n) is 12.2. The molecule has 0 aromatic carbocycles. The van der Waals surface area contributed by atoms with Crippen LogP contribution in [0.25, 0.3) is 0 Å². The van der Waals surface area contributed by atoms with E-state index in [0.717, 1.165) is 32.2 Å². The third kappa shape index (κ3) is 27.5. The molecule has 0 saturated carbocycles. The van der Waals surface area contributed by atoms with Crippen molar-refractivity contribution in [1.82, 2.24) is 25.2 Å². The first-order valence-corrected chi connectivity index (χ1v) is 18.6. The molecular weight excluding hydrogens is 622 g/mol. The number of sulfonamides is 1. The topological polar surface area (TPSA) is 165 Å². The molecule has 0 aromatic heterocycles. The number of allylic oxidation sites excluding steroid dienone is 1. The van der Waals surface area contributed by atoms with Gasteiger partial charge >= 0.3 is 5.97 Å². The quantitative estimate of drug-likeness (QED) is 0.0663. The predicted molar refractivity (Wildman–Crippen MR) is 195 cm³/mol. The smallest absolute Gasteiger partial charge is 0.321 e. The van der Waals surface area contributed by atoms with E-state index in [1.807, 2.05) is 54.7 Å². The van der Waals surface area contributed by atoms with Crippen LogP contribution >= 0.6 is 0 Å². The number of carbonyl (C=O) groups is 4. The molecule has 0 bridgehead atoms. The molecule has 1 aliphatic heterocycles. The highest BCUT2D eigenvalue weighted by atomic mass is 32.2. The first-order chi connectivity index (χ1) is 22.1. The van der Waals surface area contributed by atoms with Crippen molar-refractivity contribution in [2.45, 2.75) is 126 Å². The first-order valence-electron chi connectivity index (χ1n) is 17.0. The number of aldehydes is 1. The van der Waals surface area contributed by atoms with Crippen LogP contribution in [0.1, 0.15) is 107 Å². The van der Waals surface area contributed by atoms with Crippen LogP contribution in [0.2, 0.25) is 0 Å². The van der Waals surface area contributed by atoms with Gasteiger partial charge in [-0.3, -0.25) is 19.8 Å². The minimum atomic E-state index is -2.96. The third-order valence-electron chi connectivity index (χ3n) is 7.42. The first kappa shape index (κ1) is 51.6. The maximum Gasteiger partial charge on any atom is 0.321 e. The standard InChI is InChI=1S/C18H36N2O2.C10H22N2O2S.C3H5NO2.C2H6.CH2O/c1-6-8-10-11-12-13-15(3)17(18(21)22)19-16(4)20(5)14-9-7-2;1-10(2,3)9(11-4)8-12-6-5-7-15(12,13)14;5-2-1-4-3-6;2*1-2/h12-13,15-17,19H,6-11,14H2,1-5H3,(H,21,22);9,11H,5-8H2,1-4H3;2-3H,1H2,(H,4,6);1-2H3;1H2/b13-12-;;;;/t15?,16-,17?;;;;/m1..../s1. The van der Waals surface area contributed by atoms with Crippen LogP contribution in [0.3, 0.4) is 0 Å². The Morgan fingerprint density at radius 2 is 1.64 bits per heavy atom. The number of carbonyl (C=O) groups excluding carboxylic acids is 3. The van der Waals surface area contributed by atoms with Crippen molar-refractivity contribution in [3.63, 3.8) is 0 Å². The van der Waals surface area contributed by atoms with Crippen molar-refractivity contribution in [2.24, 2.45) is 11.3 Å². The molecular formula is C34H71N5O7S. The van der Waals surface area contributed by atoms with E-state index in [9.17, 15) is 27.9 Å². The molecule has 280 valence electrons. The highest BCUT2D eigenvalue weighted by Gasteiger charge is 2.33. The number of carboxylic acids is 1. The van der Waals surface area contributed by atoms with Gasteiger partial charge < -0.3 is 25.3 Å². The van der Waals surface area contributed by atoms with Gasteiger partial charge in [0.25, 0.3) is 0 Å². The molecule has 1 fully saturated rings. The number of nitrogens with zero attached hydrogens (tertiary/aromatic N) is 2. The summed E-state index contributed by atoms with van der Waals surface area (Å²) < 4.78 is 24.9. The van der Waals surface area contributed by atoms with Crippen LogP contribution in [0.5, 0.6) is 0 Å². The van der Waals surface area contributed by atoms with Crippen molar-refractivity contribution in [3.8, 4) is 0 Å². The van der Waals surface area contributed by atoms with Crippen LogP contribution in [0.4, 0.5) is 0 Å². The largest absolute Gasteiger partial charge is 0.480 e. The molecule has 0 aromatic rings. The highest BCUT2D eigenvalue weighted by Crippen LogP contribution is 2.23. The summed E-state index contributed by atoms with van der Waals surface area (Å²) in [5.41, 5.74) is 0.0762. The molecule has 3 unspecified atom stereocenters. The van der Waals surface area contributed by atoms with E-state index < -0.39 is 22.0 Å². The van der Waals surface area contributed by atoms with Crippen molar-refractivity contribution in [1.29, 1.82) is 0 Å². The molecule has 1 rings (SSSR count). The van der Waals surface area contributed by atoms with E-state index in [2.05, 4.69) is 61.5 Å². The summed E-state index contributed by atoms with van der Waals surface area (Å²) in [6.45, 7) is 23.1. The van der Waals surface area contributed by atoms with Gasteiger partial charge in [0, 0.05) is 25.0 Å². The second kappa shape index (κ2) is 32.4. The summed E-state index contributed by atoms with van der Waals surface area (Å²) >= 11 is 0. The number of unbranched alkanes of at least 4 members (excludes halogenated alkanes) is 4. The Bertz CT molecular complexity index is 890. The van der Waals surface area contributed by atoms with Gasteiger partial charge in [-0.25, -0.2) is 12.7 Å². The fraction of sp³-hybridized carbons (Fsp3) is 0.824. The fourth-order valence-corrected chi connectivity index (χ4v) is 5.90. The average molecular weight is 694 g/mol. The lowest BCUT2D eigenvalue weighted by Gasteiger charge is -2.33. The lowest BCUT2D eigenvalue weighted by molar-refractivity contribution is -0.141. The molecule has 0 aliphatic carbocycles. The van der Waals surface area contributed by atoms with Crippen LogP contribution in [0, 0.1) is 11.3 Å². The van der Waals surface area contributed by atoms with Gasteiger partial charge in [0.1, 0.15) is 19.1 Å². The van der Waals surface area contributed by atoms with Crippen molar-refractivity contribution in [2.75, 3.05) is 46.0 Å². The Kier molecular flexibility index (Phi) is 35.6. The highest BCUT2D eigenvalue weighted by molar-refractivity contribution is 7.89. The van der Waals surface area contributed by atoms with Crippen molar-refractivity contribution < 1.29 is 32.7 Å². The molecule has 4 N–H and O–H groups in total. The number of hydrogen-bond donors (Lipinski definition) is 4. The average Bonchev–Trinajstić information content (AvgIpc) is 3.38. The summed E-state index contributed by atoms with van der Waals surface area (Å²) in [5, 5.41) is 18.1. The van der Waals surface area contributed by atoms with Gasteiger partial charge in [0.2, 0.25) is 16.4 Å². The normalized spacial score (nSPS) is 16.3. The van der Waals surface area contributed by atoms with E-state index in [-0.39, 0.29) is 30.1 Å². The molecule has 13 heteroatoms. The monoisotopic (exact) mass is 694 g/mol. The van der Waals surface area contributed by atoms with Gasteiger partial charge in [-0.15, -0.1) is 0 Å². The molecule has 1 amide bonds. The summed E-state index contributed by atoms with van der Waals surface area (Å²) in [6.07, 6.45) is 13.0. The fourth-order valence-electron chi connectivity index (χ4n) is 4.36. The second-order valence-corrected chi connectivity index (χ2v) is 14.3. The number of hydrogen-bond acceptors (Lipinski definition) is 9. The molecule has 0 spiro atoms. The number of nitrogens with one attached hydrogen (secondary N) is 3. The Morgan fingerprint density at radius 3 is 2.02 bits per heavy atom. The molecule has 12 nitrogen and oxygen atoms in total. The molecule has 47 heavy (non-hydrogen) atoms. The molecule has 0 radical (unpaired) electrons. The number of rotatable bonds is 19. The van der Waals surface area contributed by atoms with E-state index in [1.165, 1.54) is 19.3 Å². The zero-order chi connectivity index (χ0) is 37.5. The number of amides is 1. The molecule has 1 aliphatic rings. The number of carboxylic acid groups (broad SMARTS) is 1. The summed E-state index contributed by atoms with van der Waals surface area (Å²) in [5.74, 6) is -0.476. The molecule has 1 saturated heterocycles. The van der Waals surface area contributed by atoms with E-state index in [0.29, 0.717) is 31.5 Å². The summed E-state index contributed by atoms with van der Waals surface area (Å²) in [4.78, 5) is 40.3. The van der Waals surface area contributed by atoms with E-state index in [1.54, 1.807) is 4.31 Å². The SMILES string of the molecule is C=O.CC.CCCCC/C=C\C(C)C(N[C@@H](C)N(C)CCCC)C(=O)O.CNC(CN1CCCS1(=O)=O)C(C)(C)C.O=CCNC=O. The van der Waals surface area contributed by atoms with Crippen molar-refractivity contribution >= 4 is 35.5 Å². The Balaban J connectivity index is -0.000000317. The number of aliphatic carboxylic acids is 1. The van der Waals surface area contributed by atoms with Gasteiger partial charge in [-0.1, -0.05) is 86.8 Å². The lowest BCUT2D eigenvalue weighted by Crippen LogP contribution is -2.51. The zero-order valence-electron chi connectivity index (χ0n) is 31.5. The van der Waals surface area contributed by atoms with Crippen molar-refractivity contribution in [3.05, 3.63) is 12.2 Å². The minimum Gasteiger partial charge on any atom is -0.480 e. The maximum atomic E-state index is 11.6. The predicted octanol–water partition coefficient (Wildman–Crippen LogP) is 4.31. The van der Waals surface area contributed by atoms with Gasteiger partial charge in [-0.05, 0) is 58.7 Å². The van der Waals surface area contributed by atoms with Gasteiger partial charge in [0.15, 0.2) is 0 Å².